The van der Waals surface area contributed by atoms with Crippen molar-refractivity contribution in [2.24, 2.45) is 0 Å². The van der Waals surface area contributed by atoms with Crippen LogP contribution in [0, 0.1) is 0 Å². The van der Waals surface area contributed by atoms with Crippen LogP contribution in [0.2, 0.25) is 0 Å². The van der Waals surface area contributed by atoms with Crippen LogP contribution in [0.25, 0.3) is 98.1 Å². The fourth-order valence-electron chi connectivity index (χ4n) is 14.6. The van der Waals surface area contributed by atoms with Gasteiger partial charge in [-0.15, -0.1) is 49.2 Å². The van der Waals surface area contributed by atoms with Crippen molar-refractivity contribution in [3.05, 3.63) is 0 Å². The smallest absolute Gasteiger partial charge is 0.145 e. The summed E-state index contributed by atoms with van der Waals surface area (Å²) in [7, 11) is 61.7. The van der Waals surface area contributed by atoms with Crippen LogP contribution in [0.3, 0.4) is 0 Å². The van der Waals surface area contributed by atoms with Crippen LogP contribution >= 0.6 is 0 Å². The predicted molar refractivity (Wildman–Crippen MR) is 405 cm³/mol. The maximum Gasteiger partial charge on any atom is 0.145 e. The summed E-state index contributed by atoms with van der Waals surface area (Å²) in [4.78, 5) is 0. The highest BCUT2D eigenvalue weighted by Crippen LogP contribution is 2.42. The number of hydrogen-bond donors (Lipinski definition) is 0. The van der Waals surface area contributed by atoms with E-state index in [-0.39, 0.29) is 0 Å². The third-order valence-corrected chi connectivity index (χ3v) is 20.6. The van der Waals surface area contributed by atoms with Crippen LogP contribution in [0.1, 0.15) is 0 Å². The number of hydrogen-bond acceptors (Lipinski definition) is 1. The molecule has 1 heterocycles. The van der Waals surface area contributed by atoms with E-state index in [0.717, 1.165) is 11.2 Å². The zero-order valence-corrected chi connectivity index (χ0v) is 48.4. The van der Waals surface area contributed by atoms with E-state index >= 15 is 0 Å². The highest BCUT2D eigenvalue weighted by molar-refractivity contribution is 6.78. The lowest BCUT2D eigenvalue weighted by molar-refractivity contribution is 0.675. The van der Waals surface area contributed by atoms with Crippen LogP contribution in [0.15, 0.2) is 4.42 Å². The lowest BCUT2D eigenvalue weighted by Crippen LogP contribution is -2.52. The van der Waals surface area contributed by atoms with Crippen LogP contribution < -0.4 is 142 Å². The Morgan fingerprint density at radius 1 is 0.127 bits per heavy atom. The molecule has 0 aliphatic carbocycles. The molecule has 0 amide bonds. The lowest BCUT2D eigenvalue weighted by atomic mass is 9.56. The number of furan rings is 1. The molecule has 1 nitrogen and oxygen atoms in total. The molecular formula is C44H52B26O. The summed E-state index contributed by atoms with van der Waals surface area (Å²) in [5.74, 6) is 0. The van der Waals surface area contributed by atoms with E-state index in [1.807, 2.05) is 0 Å². The van der Waals surface area contributed by atoms with E-state index in [0.29, 0.717) is 0 Å². The average molecular weight is 878 g/mol. The molecule has 0 atom stereocenters. The third-order valence-electron chi connectivity index (χ3n) is 20.6. The van der Waals surface area contributed by atoms with E-state index in [1.165, 1.54) is 229 Å². The molecule has 0 bridgehead atoms. The van der Waals surface area contributed by atoms with Gasteiger partial charge in [-0.05, 0) is 81.6 Å². The maximum absolute atomic E-state index is 7.28. The Morgan fingerprint density at radius 2 is 0.352 bits per heavy atom. The van der Waals surface area contributed by atoms with Crippen molar-refractivity contribution in [3.8, 4) is 22.3 Å². The molecule has 0 radical (unpaired) electrons. The first-order valence-electron chi connectivity index (χ1n) is 26.4. The maximum atomic E-state index is 7.28. The Morgan fingerprint density at radius 3 is 0.761 bits per heavy atom. The van der Waals surface area contributed by atoms with Gasteiger partial charge in [0.1, 0.15) is 215 Å². The molecule has 0 spiro atoms. The van der Waals surface area contributed by atoms with Gasteiger partial charge >= 0.3 is 0 Å². The van der Waals surface area contributed by atoms with Crippen molar-refractivity contribution in [2.45, 2.75) is 0 Å². The first-order chi connectivity index (χ1) is 33.2. The Bertz CT molecular complexity index is 4210. The second-order valence-electron chi connectivity index (χ2n) is 23.0. The monoisotopic (exact) mass is 883 g/mol. The fourth-order valence-corrected chi connectivity index (χ4v) is 14.6. The molecule has 10 aromatic rings. The van der Waals surface area contributed by atoms with Gasteiger partial charge in [0.25, 0.3) is 0 Å². The first kappa shape index (κ1) is 50.3. The molecule has 10 rings (SSSR count). The summed E-state index contributed by atoms with van der Waals surface area (Å²) in [5, 5.41) is 16.6. The third kappa shape index (κ3) is 6.20. The molecule has 0 aliphatic heterocycles. The van der Waals surface area contributed by atoms with Crippen LogP contribution in [0.4, 0.5) is 0 Å². The largest absolute Gasteiger partial charge is 0.457 e. The summed E-state index contributed by atoms with van der Waals surface area (Å²) in [6.45, 7) is 0. The van der Waals surface area contributed by atoms with Gasteiger partial charge in [0, 0.05) is 10.8 Å². The molecule has 27 heteroatoms. The van der Waals surface area contributed by atoms with E-state index in [4.69, 9.17) is 4.42 Å². The van der Waals surface area contributed by atoms with Gasteiger partial charge in [0.15, 0.2) is 0 Å². The SMILES string of the molecule is Bc1c(-c2c3c(B)c(B)c(B)c(B)c3c(-c3c(B)c(B)c(B)c4c3c(B)c(B)c3c(B)c(B)c(B)c(B)c34)c3c(B)c(B)c(B)c(B)c23)c(B)c2c(oc3c(B)c4c(B)c(B)c(B)c(B)c4c(B)c32)c1B. The number of fused-ring (bicyclic) bond motifs is 9. The molecule has 0 N–H and O–H groups in total. The number of rotatable bonds is 2. The quantitative estimate of drug-likeness (QED) is 0.0958. The molecule has 0 saturated heterocycles. The van der Waals surface area contributed by atoms with Gasteiger partial charge in [0.05, 0.1) is 0 Å². The molecule has 0 saturated carbocycles. The van der Waals surface area contributed by atoms with Gasteiger partial charge in [-0.2, -0.15) is 0 Å². The zero-order chi connectivity index (χ0) is 52.1. The predicted octanol–water partition coefficient (Wildman–Crippen LogP) is -32.6. The molecule has 9 aromatic carbocycles. The van der Waals surface area contributed by atoms with Crippen molar-refractivity contribution in [1.82, 2.24) is 0 Å². The molecule has 0 fully saturated rings. The zero-order valence-electron chi connectivity index (χ0n) is 48.4. The minimum atomic E-state index is 1.03. The summed E-state index contributed by atoms with van der Waals surface area (Å²) < 4.78 is 7.28. The van der Waals surface area contributed by atoms with Crippen molar-refractivity contribution in [3.63, 3.8) is 0 Å². The number of benzene rings is 9. The van der Waals surface area contributed by atoms with Gasteiger partial charge in [-0.3, -0.25) is 0 Å². The van der Waals surface area contributed by atoms with E-state index in [1.54, 1.807) is 0 Å². The molecular weight excluding hydrogens is 826 g/mol. The molecule has 312 valence electrons. The van der Waals surface area contributed by atoms with Gasteiger partial charge in [-0.25, -0.2) is 0 Å². The van der Waals surface area contributed by atoms with E-state index in [2.05, 4.69) is 204 Å². The average Bonchev–Trinajstić information content (AvgIpc) is 3.76. The lowest BCUT2D eigenvalue weighted by Gasteiger charge is -2.32. The highest BCUT2D eigenvalue weighted by atomic mass is 16.3. The second kappa shape index (κ2) is 16.6. The molecule has 0 aliphatic rings. The van der Waals surface area contributed by atoms with Crippen LogP contribution in [-0.4, -0.2) is 204 Å². The molecule has 1 aromatic heterocycles. The molecule has 71 heavy (non-hydrogen) atoms. The van der Waals surface area contributed by atoms with Crippen molar-refractivity contribution in [1.29, 1.82) is 0 Å². The van der Waals surface area contributed by atoms with Gasteiger partial charge < -0.3 is 4.42 Å². The van der Waals surface area contributed by atoms with Crippen LogP contribution in [-0.2, 0) is 0 Å². The van der Waals surface area contributed by atoms with Gasteiger partial charge in [-0.1, -0.05) is 87.4 Å². The fraction of sp³-hybridized carbons (Fsp3) is 0. The summed E-state index contributed by atoms with van der Waals surface area (Å²) in [5.41, 5.74) is 43.2. The van der Waals surface area contributed by atoms with E-state index in [9.17, 15) is 0 Å². The van der Waals surface area contributed by atoms with Crippen molar-refractivity contribution < 1.29 is 4.42 Å². The highest BCUT2D eigenvalue weighted by Gasteiger charge is 2.32. The van der Waals surface area contributed by atoms with Crippen LogP contribution in [0.5, 0.6) is 0 Å². The summed E-state index contributed by atoms with van der Waals surface area (Å²) in [6.07, 6.45) is 0. The normalized spacial score (nSPS) is 12.0. The molecule has 0 unspecified atom stereocenters. The minimum Gasteiger partial charge on any atom is -0.457 e. The minimum absolute atomic E-state index is 1.03. The Labute approximate surface area is 445 Å². The van der Waals surface area contributed by atoms with E-state index < -0.39 is 0 Å². The van der Waals surface area contributed by atoms with Gasteiger partial charge in [0.2, 0.25) is 0 Å². The summed E-state index contributed by atoms with van der Waals surface area (Å²) >= 11 is 0. The van der Waals surface area contributed by atoms with Crippen molar-refractivity contribution >= 4 is 422 Å². The first-order valence-corrected chi connectivity index (χ1v) is 26.4. The van der Waals surface area contributed by atoms with Crippen molar-refractivity contribution in [2.75, 3.05) is 0 Å². The topological polar surface area (TPSA) is 13.1 Å². The summed E-state index contributed by atoms with van der Waals surface area (Å²) in [6, 6.07) is 0. The Kier molecular flexibility index (Phi) is 11.8. The standard InChI is InChI=1S/C44H52B26O/c45-17-11(31(59)42(70)44-16(17)15-18(46)13-14(32(60)43(15)71-44)30(58)41(69)40(68)29(13)57)2-6-3(21(49)34(62)36(64)23(6)51)1(4-7(2)24(52)37(65)35(63)22(4)50)5-8-9(25(53)33(61)20(5)48)10-12(27(55)19(8)47)28(56)39(67)38(66)26(10)54/h45-70H2. The Hall–Kier alpha value is -4.23. The Balaban J connectivity index is 1.54. The second-order valence-corrected chi connectivity index (χ2v) is 23.0.